The van der Waals surface area contributed by atoms with Crippen LogP contribution in [0.2, 0.25) is 0 Å². The molecular weight excluding hydrogens is 250 g/mol. The lowest BCUT2D eigenvalue weighted by Gasteiger charge is -2.30. The Labute approximate surface area is 121 Å². The predicted octanol–water partition coefficient (Wildman–Crippen LogP) is 3.50. The molecular formula is C17H25NO2. The summed E-state index contributed by atoms with van der Waals surface area (Å²) >= 11 is 0. The molecule has 2 rings (SSSR count). The van der Waals surface area contributed by atoms with Gasteiger partial charge in [0.15, 0.2) is 0 Å². The number of aliphatic carboxylic acids is 1. The third-order valence-electron chi connectivity index (χ3n) is 4.62. The van der Waals surface area contributed by atoms with E-state index >= 15 is 0 Å². The Balaban J connectivity index is 2.07. The molecule has 3 nitrogen and oxygen atoms in total. The van der Waals surface area contributed by atoms with Crippen molar-refractivity contribution < 1.29 is 9.90 Å². The highest BCUT2D eigenvalue weighted by molar-refractivity contribution is 5.71. The van der Waals surface area contributed by atoms with Gasteiger partial charge in [0.2, 0.25) is 0 Å². The smallest absolute Gasteiger partial charge is 0.308 e. The fourth-order valence-electron chi connectivity index (χ4n) is 3.28. The molecule has 1 heterocycles. The van der Waals surface area contributed by atoms with Gasteiger partial charge in [0.05, 0.1) is 5.92 Å². The zero-order valence-corrected chi connectivity index (χ0v) is 12.7. The van der Waals surface area contributed by atoms with Crippen molar-refractivity contribution in [3.8, 4) is 0 Å². The summed E-state index contributed by atoms with van der Waals surface area (Å²) in [6, 6.07) is 9.17. The van der Waals surface area contributed by atoms with Crippen LogP contribution < -0.4 is 0 Å². The molecule has 0 aromatic heterocycles. The molecule has 3 atom stereocenters. The summed E-state index contributed by atoms with van der Waals surface area (Å²) in [6.07, 6.45) is 3.04. The van der Waals surface area contributed by atoms with Gasteiger partial charge in [-0.25, -0.2) is 0 Å². The molecule has 0 bridgehead atoms. The van der Waals surface area contributed by atoms with Gasteiger partial charge in [0.1, 0.15) is 0 Å². The Hall–Kier alpha value is -1.35. The Morgan fingerprint density at radius 2 is 2.05 bits per heavy atom. The molecule has 110 valence electrons. The van der Waals surface area contributed by atoms with Gasteiger partial charge in [-0.05, 0) is 44.4 Å². The van der Waals surface area contributed by atoms with E-state index < -0.39 is 5.97 Å². The monoisotopic (exact) mass is 275 g/mol. The molecule has 1 aliphatic rings. The van der Waals surface area contributed by atoms with Crippen LogP contribution in [-0.4, -0.2) is 28.6 Å². The SMILES string of the molecule is CCCc1ccc(C(C)N2CCC(C(=O)O)C2C)cc1. The lowest BCUT2D eigenvalue weighted by molar-refractivity contribution is -0.142. The van der Waals surface area contributed by atoms with Crippen molar-refractivity contribution >= 4 is 5.97 Å². The minimum absolute atomic E-state index is 0.109. The first-order chi connectivity index (χ1) is 9.54. The second kappa shape index (κ2) is 6.40. The van der Waals surface area contributed by atoms with Crippen molar-refractivity contribution in [2.75, 3.05) is 6.54 Å². The Morgan fingerprint density at radius 1 is 1.40 bits per heavy atom. The molecule has 0 spiro atoms. The van der Waals surface area contributed by atoms with Crippen LogP contribution in [0.1, 0.15) is 50.8 Å². The van der Waals surface area contributed by atoms with E-state index in [1.807, 2.05) is 6.92 Å². The number of hydrogen-bond acceptors (Lipinski definition) is 2. The van der Waals surface area contributed by atoms with Crippen LogP contribution in [0.25, 0.3) is 0 Å². The van der Waals surface area contributed by atoms with Gasteiger partial charge in [-0.3, -0.25) is 9.69 Å². The molecule has 0 aliphatic carbocycles. The molecule has 0 amide bonds. The molecule has 1 aliphatic heterocycles. The van der Waals surface area contributed by atoms with E-state index in [0.717, 1.165) is 19.4 Å². The summed E-state index contributed by atoms with van der Waals surface area (Å²) in [4.78, 5) is 13.5. The van der Waals surface area contributed by atoms with Crippen LogP contribution in [0.15, 0.2) is 24.3 Å². The topological polar surface area (TPSA) is 40.5 Å². The summed E-state index contributed by atoms with van der Waals surface area (Å²) < 4.78 is 0. The van der Waals surface area contributed by atoms with Crippen LogP contribution in [0.3, 0.4) is 0 Å². The number of hydrogen-bond donors (Lipinski definition) is 1. The maximum atomic E-state index is 11.2. The van der Waals surface area contributed by atoms with Crippen molar-refractivity contribution in [3.05, 3.63) is 35.4 Å². The van der Waals surface area contributed by atoms with Crippen LogP contribution in [0.5, 0.6) is 0 Å². The Bertz CT molecular complexity index is 455. The quantitative estimate of drug-likeness (QED) is 0.894. The molecule has 0 radical (unpaired) electrons. The van der Waals surface area contributed by atoms with Crippen molar-refractivity contribution in [1.82, 2.24) is 4.90 Å². The van der Waals surface area contributed by atoms with Gasteiger partial charge in [0, 0.05) is 12.1 Å². The van der Waals surface area contributed by atoms with Crippen LogP contribution in [0.4, 0.5) is 0 Å². The molecule has 0 saturated carbocycles. The molecule has 1 aromatic carbocycles. The molecule has 3 unspecified atom stereocenters. The first kappa shape index (κ1) is 15.0. The third-order valence-corrected chi connectivity index (χ3v) is 4.62. The maximum Gasteiger partial charge on any atom is 0.308 e. The van der Waals surface area contributed by atoms with E-state index in [4.69, 9.17) is 0 Å². The molecule has 1 aromatic rings. The van der Waals surface area contributed by atoms with Crippen LogP contribution in [0, 0.1) is 5.92 Å². The van der Waals surface area contributed by atoms with Crippen molar-refractivity contribution in [3.63, 3.8) is 0 Å². The van der Waals surface area contributed by atoms with Gasteiger partial charge >= 0.3 is 5.97 Å². The number of carboxylic acids is 1. The number of benzene rings is 1. The minimum Gasteiger partial charge on any atom is -0.481 e. The second-order valence-electron chi connectivity index (χ2n) is 5.88. The lowest BCUT2D eigenvalue weighted by atomic mass is 10.00. The molecule has 1 saturated heterocycles. The Morgan fingerprint density at radius 3 is 2.55 bits per heavy atom. The number of nitrogens with zero attached hydrogens (tertiary/aromatic N) is 1. The van der Waals surface area contributed by atoms with Gasteiger partial charge in [0.25, 0.3) is 0 Å². The summed E-state index contributed by atoms with van der Waals surface area (Å²) in [7, 11) is 0. The zero-order chi connectivity index (χ0) is 14.7. The van der Waals surface area contributed by atoms with E-state index in [-0.39, 0.29) is 18.0 Å². The molecule has 3 heteroatoms. The Kier molecular flexibility index (Phi) is 4.81. The highest BCUT2D eigenvalue weighted by Gasteiger charge is 2.37. The van der Waals surface area contributed by atoms with Gasteiger partial charge in [-0.2, -0.15) is 0 Å². The highest BCUT2D eigenvalue weighted by Crippen LogP contribution is 2.32. The zero-order valence-electron chi connectivity index (χ0n) is 12.7. The number of rotatable bonds is 5. The lowest BCUT2D eigenvalue weighted by Crippen LogP contribution is -2.34. The predicted molar refractivity (Wildman–Crippen MR) is 80.8 cm³/mol. The van der Waals surface area contributed by atoms with Gasteiger partial charge in [-0.15, -0.1) is 0 Å². The summed E-state index contributed by atoms with van der Waals surface area (Å²) in [6.45, 7) is 7.27. The van der Waals surface area contributed by atoms with E-state index in [1.54, 1.807) is 0 Å². The van der Waals surface area contributed by atoms with Crippen LogP contribution >= 0.6 is 0 Å². The first-order valence-electron chi connectivity index (χ1n) is 7.62. The average molecular weight is 275 g/mol. The third kappa shape index (κ3) is 3.04. The van der Waals surface area contributed by atoms with Crippen LogP contribution in [-0.2, 0) is 11.2 Å². The highest BCUT2D eigenvalue weighted by atomic mass is 16.4. The standard InChI is InChI=1S/C17H25NO2/c1-4-5-14-6-8-15(9-7-14)12(2)18-11-10-16(13(18)3)17(19)20/h6-9,12-13,16H,4-5,10-11H2,1-3H3,(H,19,20). The molecule has 1 fully saturated rings. The average Bonchev–Trinajstić information content (AvgIpc) is 2.81. The largest absolute Gasteiger partial charge is 0.481 e. The van der Waals surface area contributed by atoms with Crippen molar-refractivity contribution in [1.29, 1.82) is 0 Å². The van der Waals surface area contributed by atoms with E-state index in [0.29, 0.717) is 0 Å². The van der Waals surface area contributed by atoms with Gasteiger partial charge in [-0.1, -0.05) is 37.6 Å². The number of carbonyl (C=O) groups is 1. The first-order valence-corrected chi connectivity index (χ1v) is 7.62. The van der Waals surface area contributed by atoms with E-state index in [9.17, 15) is 9.90 Å². The van der Waals surface area contributed by atoms with Crippen molar-refractivity contribution in [2.24, 2.45) is 5.92 Å². The van der Waals surface area contributed by atoms with Crippen molar-refractivity contribution in [2.45, 2.75) is 52.1 Å². The fourth-order valence-corrected chi connectivity index (χ4v) is 3.28. The number of carboxylic acid groups (broad SMARTS) is 1. The van der Waals surface area contributed by atoms with E-state index in [1.165, 1.54) is 17.5 Å². The fraction of sp³-hybridized carbons (Fsp3) is 0.588. The molecule has 20 heavy (non-hydrogen) atoms. The van der Waals surface area contributed by atoms with Gasteiger partial charge < -0.3 is 5.11 Å². The number of likely N-dealkylation sites (tertiary alicyclic amines) is 1. The minimum atomic E-state index is -0.662. The summed E-state index contributed by atoms with van der Waals surface area (Å²) in [5.41, 5.74) is 2.66. The number of aryl methyl sites for hydroxylation is 1. The van der Waals surface area contributed by atoms with E-state index in [2.05, 4.69) is 43.0 Å². The molecule has 1 N–H and O–H groups in total. The summed E-state index contributed by atoms with van der Waals surface area (Å²) in [5, 5.41) is 9.22. The second-order valence-corrected chi connectivity index (χ2v) is 5.88. The maximum absolute atomic E-state index is 11.2. The normalized spacial score (nSPS) is 24.8. The summed E-state index contributed by atoms with van der Waals surface area (Å²) in [5.74, 6) is -0.887.